The van der Waals surface area contributed by atoms with E-state index >= 15 is 0 Å². The van der Waals surface area contributed by atoms with E-state index in [0.29, 0.717) is 35.8 Å². The largest absolute Gasteiger partial charge is 0.458 e. The van der Waals surface area contributed by atoms with E-state index in [1.54, 1.807) is 11.3 Å². The van der Waals surface area contributed by atoms with E-state index in [0.717, 1.165) is 17.7 Å². The molecular formula is C20H19ClN4O3S. The predicted molar refractivity (Wildman–Crippen MR) is 111 cm³/mol. The van der Waals surface area contributed by atoms with Gasteiger partial charge in [-0.25, -0.2) is 15.0 Å². The number of esters is 1. The van der Waals surface area contributed by atoms with Gasteiger partial charge < -0.3 is 9.47 Å². The highest BCUT2D eigenvalue weighted by Crippen LogP contribution is 2.37. The Hall–Kier alpha value is -2.47. The highest BCUT2D eigenvalue weighted by atomic mass is 35.5. The number of thiophene rings is 1. The maximum absolute atomic E-state index is 11.6. The quantitative estimate of drug-likeness (QED) is 0.350. The number of rotatable bonds is 4. The van der Waals surface area contributed by atoms with Crippen LogP contribution in [0.4, 0.5) is 0 Å². The highest BCUT2D eigenvalue weighted by molar-refractivity contribution is 7.13. The first kappa shape index (κ1) is 19.8. The number of unbranched alkanes of at least 4 members (excludes halogenated alkanes) is 1. The molecule has 7 nitrogen and oxygen atoms in total. The summed E-state index contributed by atoms with van der Waals surface area (Å²) in [5.74, 6) is 6.62. The normalized spacial score (nSPS) is 18.6. The first-order valence-electron chi connectivity index (χ1n) is 9.35. The van der Waals surface area contributed by atoms with Gasteiger partial charge in [0.2, 0.25) is 5.82 Å². The fraction of sp³-hybridized carbons (Fsp3) is 0.400. The Morgan fingerprint density at radius 2 is 2.31 bits per heavy atom. The molecule has 0 saturated carbocycles. The zero-order valence-corrected chi connectivity index (χ0v) is 17.6. The number of halogens is 1. The van der Waals surface area contributed by atoms with Gasteiger partial charge in [0.25, 0.3) is 0 Å². The summed E-state index contributed by atoms with van der Waals surface area (Å²) in [5, 5.41) is 2.20. The number of imidazole rings is 1. The lowest BCUT2D eigenvalue weighted by Crippen LogP contribution is -2.25. The second kappa shape index (κ2) is 8.49. The van der Waals surface area contributed by atoms with Gasteiger partial charge in [0.05, 0.1) is 11.5 Å². The van der Waals surface area contributed by atoms with Crippen molar-refractivity contribution in [3.8, 4) is 22.5 Å². The molecule has 1 saturated heterocycles. The van der Waals surface area contributed by atoms with Crippen LogP contribution in [0.1, 0.15) is 45.2 Å². The first-order valence-corrected chi connectivity index (χ1v) is 10.6. The molecule has 9 heteroatoms. The first-order chi connectivity index (χ1) is 14.1. The van der Waals surface area contributed by atoms with Crippen molar-refractivity contribution in [1.29, 1.82) is 0 Å². The minimum Gasteiger partial charge on any atom is -0.458 e. The number of aromatic nitrogens is 4. The summed E-state index contributed by atoms with van der Waals surface area (Å²) in [6, 6.07) is 3.90. The average Bonchev–Trinajstić information content (AvgIpc) is 3.40. The Labute approximate surface area is 177 Å². The second-order valence-electron chi connectivity index (χ2n) is 6.54. The molecule has 4 heterocycles. The third-order valence-electron chi connectivity index (χ3n) is 4.39. The third-order valence-corrected chi connectivity index (χ3v) is 5.52. The monoisotopic (exact) mass is 430 g/mol. The van der Waals surface area contributed by atoms with Crippen LogP contribution < -0.4 is 0 Å². The van der Waals surface area contributed by atoms with Crippen LogP contribution in [0.2, 0.25) is 5.15 Å². The number of carbonyl (C=O) groups is 1. The molecule has 0 bridgehead atoms. The van der Waals surface area contributed by atoms with Crippen molar-refractivity contribution in [2.24, 2.45) is 0 Å². The molecule has 0 N–H and O–H groups in total. The van der Waals surface area contributed by atoms with E-state index in [2.05, 4.69) is 28.7 Å². The van der Waals surface area contributed by atoms with Crippen molar-refractivity contribution in [2.75, 3.05) is 6.61 Å². The summed E-state index contributed by atoms with van der Waals surface area (Å²) in [4.78, 5) is 26.1. The summed E-state index contributed by atoms with van der Waals surface area (Å²) < 4.78 is 13.3. The number of ether oxygens (including phenoxy) is 2. The topological polar surface area (TPSA) is 79.1 Å². The van der Waals surface area contributed by atoms with E-state index in [9.17, 15) is 4.79 Å². The molecule has 3 aromatic heterocycles. The van der Waals surface area contributed by atoms with E-state index in [1.165, 1.54) is 6.92 Å². The van der Waals surface area contributed by atoms with E-state index in [-0.39, 0.29) is 11.1 Å². The van der Waals surface area contributed by atoms with Gasteiger partial charge in [-0.1, -0.05) is 30.5 Å². The Morgan fingerprint density at radius 3 is 3.03 bits per heavy atom. The fourth-order valence-electron chi connectivity index (χ4n) is 3.21. The SMILES string of the molecule is CCCC#Cc1nc(Cl)c2nc(-c3cccs3)n([C@@H]3OCC[C@H]3OC(C)=O)c2n1. The zero-order valence-electron chi connectivity index (χ0n) is 16.0. The van der Waals surface area contributed by atoms with Crippen LogP contribution in [-0.4, -0.2) is 38.2 Å². The summed E-state index contributed by atoms with van der Waals surface area (Å²) in [7, 11) is 0. The predicted octanol–water partition coefficient (Wildman–Crippen LogP) is 4.21. The number of hydrogen-bond donors (Lipinski definition) is 0. The number of carbonyl (C=O) groups excluding carboxylic acids is 1. The van der Waals surface area contributed by atoms with Gasteiger partial charge in [-0.15, -0.1) is 11.3 Å². The molecule has 3 aromatic rings. The van der Waals surface area contributed by atoms with Crippen LogP contribution in [0.15, 0.2) is 17.5 Å². The molecule has 0 aliphatic carbocycles. The average molecular weight is 431 g/mol. The lowest BCUT2D eigenvalue weighted by Gasteiger charge is -2.21. The van der Waals surface area contributed by atoms with Crippen LogP contribution in [0, 0.1) is 11.8 Å². The van der Waals surface area contributed by atoms with Gasteiger partial charge in [-0.3, -0.25) is 9.36 Å². The molecular weight excluding hydrogens is 412 g/mol. The van der Waals surface area contributed by atoms with Gasteiger partial charge in [-0.05, 0) is 23.8 Å². The maximum Gasteiger partial charge on any atom is 0.303 e. The molecule has 150 valence electrons. The lowest BCUT2D eigenvalue weighted by atomic mass is 10.2. The van der Waals surface area contributed by atoms with Crippen molar-refractivity contribution in [3.63, 3.8) is 0 Å². The van der Waals surface area contributed by atoms with Crippen molar-refractivity contribution in [1.82, 2.24) is 19.5 Å². The van der Waals surface area contributed by atoms with Crippen LogP contribution in [-0.2, 0) is 14.3 Å². The summed E-state index contributed by atoms with van der Waals surface area (Å²) in [6.45, 7) is 3.91. The summed E-state index contributed by atoms with van der Waals surface area (Å²) >= 11 is 7.97. The van der Waals surface area contributed by atoms with E-state index in [4.69, 9.17) is 26.1 Å². The van der Waals surface area contributed by atoms with Gasteiger partial charge in [-0.2, -0.15) is 0 Å². The third kappa shape index (κ3) is 3.99. The minimum absolute atomic E-state index is 0.231. The van der Waals surface area contributed by atoms with Gasteiger partial charge in [0.15, 0.2) is 22.9 Å². The van der Waals surface area contributed by atoms with Crippen LogP contribution in [0.25, 0.3) is 21.9 Å². The Kier molecular flexibility index (Phi) is 5.81. The van der Waals surface area contributed by atoms with Crippen molar-refractivity contribution < 1.29 is 14.3 Å². The van der Waals surface area contributed by atoms with Gasteiger partial charge in [0, 0.05) is 19.8 Å². The Bertz CT molecular complexity index is 1100. The maximum atomic E-state index is 11.6. The highest BCUT2D eigenvalue weighted by Gasteiger charge is 2.36. The Morgan fingerprint density at radius 1 is 1.45 bits per heavy atom. The molecule has 0 spiro atoms. The summed E-state index contributed by atoms with van der Waals surface area (Å²) in [5.41, 5.74) is 0.978. The second-order valence-corrected chi connectivity index (χ2v) is 7.85. The van der Waals surface area contributed by atoms with Crippen molar-refractivity contribution in [3.05, 3.63) is 28.5 Å². The molecule has 0 aromatic carbocycles. The molecule has 1 fully saturated rings. The molecule has 0 unspecified atom stereocenters. The van der Waals surface area contributed by atoms with Crippen molar-refractivity contribution >= 4 is 40.1 Å². The number of nitrogens with zero attached hydrogens (tertiary/aromatic N) is 4. The van der Waals surface area contributed by atoms with E-state index in [1.807, 2.05) is 22.1 Å². The fourth-order valence-corrected chi connectivity index (χ4v) is 4.13. The minimum atomic E-state index is -0.552. The molecule has 4 rings (SSSR count). The molecule has 2 atom stereocenters. The Balaban J connectivity index is 1.90. The van der Waals surface area contributed by atoms with Gasteiger partial charge in [0.1, 0.15) is 11.6 Å². The molecule has 0 amide bonds. The number of fused-ring (bicyclic) bond motifs is 1. The van der Waals surface area contributed by atoms with Crippen LogP contribution in [0.5, 0.6) is 0 Å². The molecule has 0 radical (unpaired) electrons. The standard InChI is InChI=1S/C20H19ClN4O3S/c1-3-4-5-8-15-22-17(21)16-19(23-15)25(18(24-16)14-7-6-11-29-14)20-13(9-10-27-20)28-12(2)26/h6-7,11,13,20H,3-4,9-10H2,1-2H3/t13-,20-/m1/s1. The molecule has 29 heavy (non-hydrogen) atoms. The molecule has 1 aliphatic rings. The van der Waals surface area contributed by atoms with Crippen LogP contribution >= 0.6 is 22.9 Å². The van der Waals surface area contributed by atoms with Crippen LogP contribution in [0.3, 0.4) is 0 Å². The van der Waals surface area contributed by atoms with Crippen molar-refractivity contribution in [2.45, 2.75) is 45.4 Å². The van der Waals surface area contributed by atoms with E-state index < -0.39 is 12.3 Å². The van der Waals surface area contributed by atoms with Gasteiger partial charge >= 0.3 is 5.97 Å². The zero-order chi connectivity index (χ0) is 20.4. The molecule has 1 aliphatic heterocycles. The summed E-state index contributed by atoms with van der Waals surface area (Å²) in [6.07, 6.45) is 1.30. The smallest absolute Gasteiger partial charge is 0.303 e. The lowest BCUT2D eigenvalue weighted by molar-refractivity contribution is -0.151. The number of hydrogen-bond acceptors (Lipinski definition) is 7.